The quantitative estimate of drug-likeness (QED) is 0.520. The number of anilines is 3. The molecular weight excluding hydrogens is 374 g/mol. The van der Waals surface area contributed by atoms with Crippen LogP contribution in [0, 0.1) is 6.92 Å². The first-order valence-corrected chi connectivity index (χ1v) is 10.1. The Labute approximate surface area is 166 Å². The second kappa shape index (κ2) is 7.69. The van der Waals surface area contributed by atoms with Crippen LogP contribution in [0.4, 0.5) is 17.5 Å². The Morgan fingerprint density at radius 1 is 1.25 bits per heavy atom. The monoisotopic (exact) mass is 397 g/mol. The Balaban J connectivity index is 1.62. The topological polar surface area (TPSA) is 132 Å². The molecule has 4 rings (SSSR count). The van der Waals surface area contributed by atoms with Gasteiger partial charge in [-0.15, -0.1) is 11.3 Å². The number of aryl methyl sites for hydroxylation is 1. The molecule has 0 spiro atoms. The van der Waals surface area contributed by atoms with E-state index in [4.69, 9.17) is 11.5 Å². The van der Waals surface area contributed by atoms with E-state index >= 15 is 0 Å². The molecule has 1 fully saturated rings. The van der Waals surface area contributed by atoms with Gasteiger partial charge in [-0.25, -0.2) is 9.97 Å². The van der Waals surface area contributed by atoms with Crippen molar-refractivity contribution in [2.75, 3.05) is 10.6 Å². The number of thiazole rings is 1. The zero-order valence-corrected chi connectivity index (χ0v) is 16.4. The highest BCUT2D eigenvalue weighted by molar-refractivity contribution is 7.18. The molecular formula is C19H23N7OS. The van der Waals surface area contributed by atoms with Crippen molar-refractivity contribution >= 4 is 44.9 Å². The lowest BCUT2D eigenvalue weighted by atomic mass is 9.91. The third-order valence-electron chi connectivity index (χ3n) is 4.95. The van der Waals surface area contributed by atoms with Crippen LogP contribution in [-0.4, -0.2) is 32.9 Å². The van der Waals surface area contributed by atoms with Crippen molar-refractivity contribution in [2.24, 2.45) is 11.5 Å². The first kappa shape index (κ1) is 18.6. The summed E-state index contributed by atoms with van der Waals surface area (Å²) in [4.78, 5) is 25.1. The number of primary amides is 1. The van der Waals surface area contributed by atoms with Crippen molar-refractivity contribution in [3.63, 3.8) is 0 Å². The highest BCUT2D eigenvalue weighted by Crippen LogP contribution is 2.27. The van der Waals surface area contributed by atoms with Crippen LogP contribution in [0.25, 0.3) is 10.2 Å². The lowest BCUT2D eigenvalue weighted by molar-refractivity contribution is 0.100. The summed E-state index contributed by atoms with van der Waals surface area (Å²) in [6, 6.07) is 6.04. The van der Waals surface area contributed by atoms with Crippen LogP contribution >= 0.6 is 11.3 Å². The Morgan fingerprint density at radius 3 is 2.86 bits per heavy atom. The number of amides is 1. The van der Waals surface area contributed by atoms with Gasteiger partial charge in [-0.3, -0.25) is 4.79 Å². The summed E-state index contributed by atoms with van der Waals surface area (Å²) in [6.45, 7) is 1.97. The first-order valence-electron chi connectivity index (χ1n) is 9.33. The Kier molecular flexibility index (Phi) is 5.10. The van der Waals surface area contributed by atoms with Crippen LogP contribution in [0.5, 0.6) is 0 Å². The van der Waals surface area contributed by atoms with E-state index in [0.717, 1.165) is 46.6 Å². The van der Waals surface area contributed by atoms with Crippen LogP contribution in [0.1, 0.15) is 41.0 Å². The van der Waals surface area contributed by atoms with Crippen LogP contribution in [0.15, 0.2) is 24.4 Å². The summed E-state index contributed by atoms with van der Waals surface area (Å²) in [5.74, 6) is 0.204. The number of benzene rings is 1. The fourth-order valence-electron chi connectivity index (χ4n) is 3.49. The van der Waals surface area contributed by atoms with Gasteiger partial charge < -0.3 is 22.1 Å². The maximum Gasteiger partial charge on any atom is 0.254 e. The Bertz CT molecular complexity index is 1020. The Morgan fingerprint density at radius 2 is 2.07 bits per heavy atom. The van der Waals surface area contributed by atoms with E-state index in [2.05, 4.69) is 25.6 Å². The van der Waals surface area contributed by atoms with E-state index in [1.807, 2.05) is 25.1 Å². The van der Waals surface area contributed by atoms with Crippen LogP contribution in [0.2, 0.25) is 0 Å². The van der Waals surface area contributed by atoms with Crippen molar-refractivity contribution in [2.45, 2.75) is 44.7 Å². The molecule has 2 atom stereocenters. The molecule has 3 aromatic rings. The number of carbonyl (C=O) groups is 1. The first-order chi connectivity index (χ1) is 13.5. The minimum Gasteiger partial charge on any atom is -0.365 e. The molecule has 8 nitrogen and oxygen atoms in total. The number of hydrogen-bond donors (Lipinski definition) is 4. The number of nitrogens with two attached hydrogens (primary N) is 2. The molecule has 2 aromatic heterocycles. The van der Waals surface area contributed by atoms with E-state index in [-0.39, 0.29) is 17.6 Å². The van der Waals surface area contributed by atoms with Gasteiger partial charge >= 0.3 is 0 Å². The highest BCUT2D eigenvalue weighted by atomic mass is 32.1. The molecule has 2 heterocycles. The lowest BCUT2D eigenvalue weighted by Gasteiger charge is -2.29. The predicted molar refractivity (Wildman–Crippen MR) is 112 cm³/mol. The number of aromatic nitrogens is 3. The van der Waals surface area contributed by atoms with Gasteiger partial charge in [0.1, 0.15) is 11.4 Å². The van der Waals surface area contributed by atoms with Gasteiger partial charge in [0.2, 0.25) is 5.95 Å². The normalized spacial score (nSPS) is 19.5. The molecule has 0 saturated heterocycles. The maximum atomic E-state index is 11.8. The fraction of sp³-hybridized carbons (Fsp3) is 0.368. The van der Waals surface area contributed by atoms with Gasteiger partial charge in [0.25, 0.3) is 5.91 Å². The number of nitrogens with zero attached hydrogens (tertiary/aromatic N) is 3. The summed E-state index contributed by atoms with van der Waals surface area (Å²) in [5, 5.41) is 7.49. The van der Waals surface area contributed by atoms with Crippen molar-refractivity contribution in [3.05, 3.63) is 35.0 Å². The molecule has 0 unspecified atom stereocenters. The minimum atomic E-state index is -0.589. The van der Waals surface area contributed by atoms with Gasteiger partial charge in [-0.2, -0.15) is 4.98 Å². The van der Waals surface area contributed by atoms with E-state index in [1.165, 1.54) is 6.20 Å². The molecule has 0 aliphatic heterocycles. The van der Waals surface area contributed by atoms with Gasteiger partial charge in [0, 0.05) is 24.0 Å². The summed E-state index contributed by atoms with van der Waals surface area (Å²) in [5.41, 5.74) is 13.6. The molecule has 1 aliphatic carbocycles. The summed E-state index contributed by atoms with van der Waals surface area (Å²) in [6.07, 6.45) is 5.68. The summed E-state index contributed by atoms with van der Waals surface area (Å²) < 4.78 is 1.11. The smallest absolute Gasteiger partial charge is 0.254 e. The summed E-state index contributed by atoms with van der Waals surface area (Å²) in [7, 11) is 0. The second-order valence-corrected chi connectivity index (χ2v) is 8.29. The standard InChI is InChI=1S/C19H23N7OS/c1-10-23-15-8-11(6-7-16(15)28-10)24-18-12(17(21)27)9-22-19(26-18)25-14-5-3-2-4-13(14)20/h6-9,13-14H,2-5,20H2,1H3,(H2,21,27)(H2,22,24,25,26)/t13-,14+/m0/s1. The maximum absolute atomic E-state index is 11.8. The molecule has 0 radical (unpaired) electrons. The molecule has 146 valence electrons. The third-order valence-corrected chi connectivity index (χ3v) is 5.90. The number of rotatable bonds is 5. The van der Waals surface area contributed by atoms with Crippen molar-refractivity contribution < 1.29 is 4.79 Å². The predicted octanol–water partition coefficient (Wildman–Crippen LogP) is 2.92. The van der Waals surface area contributed by atoms with Gasteiger partial charge in [0.05, 0.1) is 15.2 Å². The van der Waals surface area contributed by atoms with Crippen molar-refractivity contribution in [1.29, 1.82) is 0 Å². The lowest BCUT2D eigenvalue weighted by Crippen LogP contribution is -2.43. The van der Waals surface area contributed by atoms with Crippen LogP contribution in [0.3, 0.4) is 0 Å². The molecule has 0 bridgehead atoms. The van der Waals surface area contributed by atoms with Crippen LogP contribution < -0.4 is 22.1 Å². The molecule has 1 aromatic carbocycles. The van der Waals surface area contributed by atoms with E-state index in [9.17, 15) is 4.79 Å². The molecule has 28 heavy (non-hydrogen) atoms. The molecule has 1 saturated carbocycles. The third kappa shape index (κ3) is 3.90. The second-order valence-electron chi connectivity index (χ2n) is 7.06. The molecule has 9 heteroatoms. The average molecular weight is 398 g/mol. The zero-order valence-electron chi connectivity index (χ0n) is 15.6. The SMILES string of the molecule is Cc1nc2cc(Nc3nc(N[C@@H]4CCCC[C@@H]4N)ncc3C(N)=O)ccc2s1. The van der Waals surface area contributed by atoms with Gasteiger partial charge in [-0.05, 0) is 38.0 Å². The molecule has 6 N–H and O–H groups in total. The number of nitrogens with one attached hydrogen (secondary N) is 2. The van der Waals surface area contributed by atoms with Crippen molar-refractivity contribution in [3.8, 4) is 0 Å². The van der Waals surface area contributed by atoms with E-state index < -0.39 is 5.91 Å². The molecule has 1 aliphatic rings. The molecule has 1 amide bonds. The Hall–Kier alpha value is -2.78. The zero-order chi connectivity index (χ0) is 19.7. The highest BCUT2D eigenvalue weighted by Gasteiger charge is 2.23. The van der Waals surface area contributed by atoms with Gasteiger partial charge in [-0.1, -0.05) is 12.8 Å². The largest absolute Gasteiger partial charge is 0.365 e. The fourth-order valence-corrected chi connectivity index (χ4v) is 4.30. The number of carbonyl (C=O) groups excluding carboxylic acids is 1. The minimum absolute atomic E-state index is 0.0693. The average Bonchev–Trinajstić information content (AvgIpc) is 3.03. The number of hydrogen-bond acceptors (Lipinski definition) is 8. The van der Waals surface area contributed by atoms with Crippen LogP contribution in [-0.2, 0) is 0 Å². The summed E-state index contributed by atoms with van der Waals surface area (Å²) >= 11 is 1.64. The van der Waals surface area contributed by atoms with E-state index in [0.29, 0.717) is 11.8 Å². The number of fused-ring (bicyclic) bond motifs is 1. The van der Waals surface area contributed by atoms with E-state index in [1.54, 1.807) is 11.3 Å². The van der Waals surface area contributed by atoms with Crippen molar-refractivity contribution in [1.82, 2.24) is 15.0 Å². The van der Waals surface area contributed by atoms with Gasteiger partial charge in [0.15, 0.2) is 0 Å².